The molecule has 0 aliphatic carbocycles. The van der Waals surface area contributed by atoms with Gasteiger partial charge in [-0.15, -0.1) is 0 Å². The second-order valence-corrected chi connectivity index (χ2v) is 7.01. The topological polar surface area (TPSA) is 58.6 Å². The van der Waals surface area contributed by atoms with Crippen molar-refractivity contribution in [2.75, 3.05) is 11.9 Å². The fourth-order valence-electron chi connectivity index (χ4n) is 2.39. The third-order valence-corrected chi connectivity index (χ3v) is 4.29. The summed E-state index contributed by atoms with van der Waals surface area (Å²) in [5.74, 6) is 0.983. The van der Waals surface area contributed by atoms with Crippen molar-refractivity contribution in [3.8, 4) is 11.5 Å². The van der Waals surface area contributed by atoms with Crippen molar-refractivity contribution in [1.29, 1.82) is 0 Å². The van der Waals surface area contributed by atoms with Gasteiger partial charge in [0.15, 0.2) is 6.61 Å². The van der Waals surface area contributed by atoms with E-state index in [-0.39, 0.29) is 18.3 Å². The van der Waals surface area contributed by atoms with Crippen LogP contribution in [0.25, 0.3) is 0 Å². The molecule has 2 aromatic rings. The highest BCUT2D eigenvalue weighted by atomic mass is 79.9. The number of carbonyl (C=O) groups is 1. The summed E-state index contributed by atoms with van der Waals surface area (Å²) in [6.07, 6.45) is 0. The number of ether oxygens (including phenoxy) is 1. The number of anilines is 1. The number of carbonyl (C=O) groups excluding carboxylic acids is 1. The van der Waals surface area contributed by atoms with Crippen molar-refractivity contribution in [3.63, 3.8) is 0 Å². The summed E-state index contributed by atoms with van der Waals surface area (Å²) in [7, 11) is 0. The maximum atomic E-state index is 12.1. The predicted octanol–water partition coefficient (Wildman–Crippen LogP) is 4.91. The fourth-order valence-corrected chi connectivity index (χ4v) is 2.95. The van der Waals surface area contributed by atoms with Crippen LogP contribution in [0.2, 0.25) is 0 Å². The van der Waals surface area contributed by atoms with Crippen LogP contribution in [0.5, 0.6) is 11.5 Å². The molecule has 4 nitrogen and oxygen atoms in total. The number of nitrogens with one attached hydrogen (secondary N) is 1. The Morgan fingerprint density at radius 2 is 1.96 bits per heavy atom. The highest BCUT2D eigenvalue weighted by molar-refractivity contribution is 9.10. The van der Waals surface area contributed by atoms with Crippen molar-refractivity contribution >= 4 is 27.5 Å². The van der Waals surface area contributed by atoms with Crippen LogP contribution in [0.3, 0.4) is 0 Å². The molecule has 2 aromatic carbocycles. The van der Waals surface area contributed by atoms with Gasteiger partial charge in [0.25, 0.3) is 5.91 Å². The molecule has 5 heteroatoms. The van der Waals surface area contributed by atoms with Crippen LogP contribution >= 0.6 is 15.9 Å². The van der Waals surface area contributed by atoms with Gasteiger partial charge in [-0.2, -0.15) is 0 Å². The molecule has 0 saturated heterocycles. The highest BCUT2D eigenvalue weighted by Crippen LogP contribution is 2.31. The molecule has 2 N–H and O–H groups in total. The lowest BCUT2D eigenvalue weighted by atomic mass is 10.0. The molecule has 0 heterocycles. The molecule has 0 aliphatic rings. The molecule has 24 heavy (non-hydrogen) atoms. The van der Waals surface area contributed by atoms with Crippen LogP contribution in [-0.4, -0.2) is 17.6 Å². The molecule has 128 valence electrons. The van der Waals surface area contributed by atoms with Gasteiger partial charge in [-0.25, -0.2) is 0 Å². The first-order chi connectivity index (χ1) is 11.3. The SMILES string of the molecule is Cc1ccc(C(C)C)c(OCC(=O)Nc2cc(C)c(O)c(Br)c2)c1. The fraction of sp³-hybridized carbons (Fsp3) is 0.316. The quantitative estimate of drug-likeness (QED) is 0.711. The molecule has 0 saturated carbocycles. The number of aromatic hydroxyl groups is 1. The Morgan fingerprint density at radius 1 is 1.25 bits per heavy atom. The second kappa shape index (κ2) is 7.71. The average molecular weight is 392 g/mol. The Labute approximate surface area is 151 Å². The second-order valence-electron chi connectivity index (χ2n) is 6.16. The van der Waals surface area contributed by atoms with Gasteiger partial charge in [0.05, 0.1) is 4.47 Å². The molecule has 1 amide bonds. The minimum atomic E-state index is -0.247. The standard InChI is InChI=1S/C19H22BrNO3/c1-11(2)15-6-5-12(3)7-17(15)24-10-18(22)21-14-8-13(4)19(23)16(20)9-14/h5-9,11,23H,10H2,1-4H3,(H,21,22). The first-order valence-electron chi connectivity index (χ1n) is 7.80. The Hall–Kier alpha value is -2.01. The molecule has 0 fully saturated rings. The van der Waals surface area contributed by atoms with Crippen LogP contribution in [0.4, 0.5) is 5.69 Å². The minimum absolute atomic E-state index is 0.0687. The Balaban J connectivity index is 2.05. The summed E-state index contributed by atoms with van der Waals surface area (Å²) in [5, 5.41) is 12.5. The molecule has 2 rings (SSSR count). The van der Waals surface area contributed by atoms with E-state index in [0.29, 0.717) is 21.6 Å². The maximum Gasteiger partial charge on any atom is 0.262 e. The van der Waals surface area contributed by atoms with Crippen LogP contribution in [0.15, 0.2) is 34.8 Å². The average Bonchev–Trinajstić information content (AvgIpc) is 2.50. The van der Waals surface area contributed by atoms with E-state index in [4.69, 9.17) is 4.74 Å². The molecular weight excluding hydrogens is 370 g/mol. The van der Waals surface area contributed by atoms with Crippen LogP contribution in [0.1, 0.15) is 36.5 Å². The van der Waals surface area contributed by atoms with Crippen LogP contribution in [0, 0.1) is 13.8 Å². The van der Waals surface area contributed by atoms with Gasteiger partial charge in [0.2, 0.25) is 0 Å². The van der Waals surface area contributed by atoms with Crippen molar-refractivity contribution in [2.24, 2.45) is 0 Å². The number of amides is 1. The van der Waals surface area contributed by atoms with Crippen molar-refractivity contribution in [2.45, 2.75) is 33.6 Å². The van der Waals surface area contributed by atoms with E-state index in [1.807, 2.05) is 25.1 Å². The Kier molecular flexibility index (Phi) is 5.89. The summed E-state index contributed by atoms with van der Waals surface area (Å²) in [4.78, 5) is 12.1. The van der Waals surface area contributed by atoms with Crippen LogP contribution in [-0.2, 0) is 4.79 Å². The zero-order valence-corrected chi connectivity index (χ0v) is 15.9. The summed E-state index contributed by atoms with van der Waals surface area (Å²) >= 11 is 3.26. The number of phenolic OH excluding ortho intramolecular Hbond substituents is 1. The molecule has 0 radical (unpaired) electrons. The monoisotopic (exact) mass is 391 g/mol. The number of hydrogen-bond acceptors (Lipinski definition) is 3. The van der Waals surface area contributed by atoms with E-state index in [2.05, 4.69) is 35.1 Å². The van der Waals surface area contributed by atoms with E-state index in [9.17, 15) is 9.90 Å². The smallest absolute Gasteiger partial charge is 0.262 e. The predicted molar refractivity (Wildman–Crippen MR) is 99.9 cm³/mol. The lowest BCUT2D eigenvalue weighted by Gasteiger charge is -2.15. The Morgan fingerprint density at radius 3 is 2.58 bits per heavy atom. The summed E-state index contributed by atoms with van der Waals surface area (Å²) < 4.78 is 6.27. The first kappa shape index (κ1) is 18.3. The summed E-state index contributed by atoms with van der Waals surface area (Å²) in [5.41, 5.74) is 3.46. The van der Waals surface area contributed by atoms with Gasteiger partial charge in [0, 0.05) is 5.69 Å². The minimum Gasteiger partial charge on any atom is -0.506 e. The Bertz CT molecular complexity index is 733. The third kappa shape index (κ3) is 4.51. The molecule has 0 bridgehead atoms. The van der Waals surface area contributed by atoms with Crippen LogP contribution < -0.4 is 10.1 Å². The number of phenols is 1. The first-order valence-corrected chi connectivity index (χ1v) is 8.59. The normalized spacial score (nSPS) is 10.8. The lowest BCUT2D eigenvalue weighted by Crippen LogP contribution is -2.20. The number of halogens is 1. The maximum absolute atomic E-state index is 12.1. The largest absolute Gasteiger partial charge is 0.506 e. The van der Waals surface area contributed by atoms with E-state index >= 15 is 0 Å². The van der Waals surface area contributed by atoms with Crippen molar-refractivity contribution in [1.82, 2.24) is 0 Å². The van der Waals surface area contributed by atoms with Gasteiger partial charge in [-0.05, 0) is 70.6 Å². The van der Waals surface area contributed by atoms with Crippen molar-refractivity contribution in [3.05, 3.63) is 51.5 Å². The zero-order valence-electron chi connectivity index (χ0n) is 14.3. The summed E-state index contributed by atoms with van der Waals surface area (Å²) in [6.45, 7) is 7.88. The van der Waals surface area contributed by atoms with Gasteiger partial charge in [-0.1, -0.05) is 26.0 Å². The highest BCUT2D eigenvalue weighted by Gasteiger charge is 2.11. The van der Waals surface area contributed by atoms with Gasteiger partial charge in [0.1, 0.15) is 11.5 Å². The number of hydrogen-bond donors (Lipinski definition) is 2. The molecular formula is C19H22BrNO3. The van der Waals surface area contributed by atoms with E-state index in [1.165, 1.54) is 0 Å². The van der Waals surface area contributed by atoms with Gasteiger partial charge < -0.3 is 15.2 Å². The van der Waals surface area contributed by atoms with Gasteiger partial charge >= 0.3 is 0 Å². The van der Waals surface area contributed by atoms with Crippen molar-refractivity contribution < 1.29 is 14.6 Å². The molecule has 0 atom stereocenters. The van der Waals surface area contributed by atoms with Gasteiger partial charge in [-0.3, -0.25) is 4.79 Å². The van der Waals surface area contributed by atoms with E-state index in [0.717, 1.165) is 16.9 Å². The summed E-state index contributed by atoms with van der Waals surface area (Å²) in [6, 6.07) is 9.40. The number of benzene rings is 2. The lowest BCUT2D eigenvalue weighted by molar-refractivity contribution is -0.118. The molecule has 0 spiro atoms. The zero-order chi connectivity index (χ0) is 17.9. The van der Waals surface area contributed by atoms with E-state index in [1.54, 1.807) is 19.1 Å². The third-order valence-electron chi connectivity index (χ3n) is 3.69. The molecule has 0 aromatic heterocycles. The molecule has 0 aliphatic heterocycles. The van der Waals surface area contributed by atoms with E-state index < -0.39 is 0 Å². The molecule has 0 unspecified atom stereocenters. The number of rotatable bonds is 5. The number of aryl methyl sites for hydroxylation is 2.